The van der Waals surface area contributed by atoms with Crippen molar-refractivity contribution < 1.29 is 8.94 Å². The molecule has 0 amide bonds. The Labute approximate surface area is 94.1 Å². The topological polar surface area (TPSA) is 55.3 Å². The normalized spacial score (nSPS) is 13.2. The molecule has 0 aromatic carbocycles. The highest BCUT2D eigenvalue weighted by atomic mass is 16.5. The van der Waals surface area contributed by atoms with Gasteiger partial charge in [0.15, 0.2) is 5.82 Å². The van der Waals surface area contributed by atoms with Crippen molar-refractivity contribution in [3.8, 4) is 0 Å². The molecule has 2 aromatic rings. The van der Waals surface area contributed by atoms with Crippen LogP contribution in [0.15, 0.2) is 27.3 Å². The van der Waals surface area contributed by atoms with Crippen LogP contribution in [0.1, 0.15) is 30.4 Å². The first-order valence-corrected chi connectivity index (χ1v) is 5.19. The zero-order valence-electron chi connectivity index (χ0n) is 9.67. The van der Waals surface area contributed by atoms with Crippen molar-refractivity contribution in [3.05, 3.63) is 35.9 Å². The molecule has 0 saturated carbocycles. The summed E-state index contributed by atoms with van der Waals surface area (Å²) < 4.78 is 10.4. The van der Waals surface area contributed by atoms with Crippen LogP contribution in [0.3, 0.4) is 0 Å². The average Bonchev–Trinajstić information content (AvgIpc) is 2.88. The molecule has 1 atom stereocenters. The highest BCUT2D eigenvalue weighted by Crippen LogP contribution is 2.18. The highest BCUT2D eigenvalue weighted by molar-refractivity contribution is 4.99. The van der Waals surface area contributed by atoms with Crippen molar-refractivity contribution >= 4 is 0 Å². The van der Waals surface area contributed by atoms with E-state index in [0.717, 1.165) is 12.3 Å². The predicted octanol–water partition coefficient (Wildman–Crippen LogP) is 2.16. The maximum Gasteiger partial charge on any atom is 0.243 e. The summed E-state index contributed by atoms with van der Waals surface area (Å²) >= 11 is 0. The number of aryl methyl sites for hydroxylation is 1. The Bertz CT molecular complexity index is 436. The molecule has 86 valence electrons. The van der Waals surface area contributed by atoms with Crippen LogP contribution in [0.5, 0.6) is 0 Å². The van der Waals surface area contributed by atoms with Crippen LogP contribution in [0, 0.1) is 6.92 Å². The summed E-state index contributed by atoms with van der Waals surface area (Å²) in [6, 6.07) is 3.90. The smallest absolute Gasteiger partial charge is 0.243 e. The maximum atomic E-state index is 5.29. The van der Waals surface area contributed by atoms with Gasteiger partial charge in [-0.3, -0.25) is 4.90 Å². The van der Waals surface area contributed by atoms with Gasteiger partial charge >= 0.3 is 0 Å². The third-order valence-electron chi connectivity index (χ3n) is 2.55. The molecule has 0 radical (unpaired) electrons. The van der Waals surface area contributed by atoms with Crippen LogP contribution in [0.25, 0.3) is 0 Å². The van der Waals surface area contributed by atoms with Gasteiger partial charge in [0.25, 0.3) is 0 Å². The summed E-state index contributed by atoms with van der Waals surface area (Å²) in [5.74, 6) is 2.21. The fourth-order valence-electron chi connectivity index (χ4n) is 1.46. The van der Waals surface area contributed by atoms with E-state index in [9.17, 15) is 0 Å². The molecule has 0 spiro atoms. The van der Waals surface area contributed by atoms with Gasteiger partial charge in [0.05, 0.1) is 18.8 Å². The van der Waals surface area contributed by atoms with Gasteiger partial charge in [-0.25, -0.2) is 0 Å². The zero-order chi connectivity index (χ0) is 11.5. The molecule has 0 saturated heterocycles. The van der Waals surface area contributed by atoms with E-state index in [1.807, 2.05) is 33.0 Å². The summed E-state index contributed by atoms with van der Waals surface area (Å²) in [6.45, 7) is 4.55. The first-order chi connectivity index (χ1) is 7.66. The van der Waals surface area contributed by atoms with Crippen LogP contribution in [0.4, 0.5) is 0 Å². The number of aromatic nitrogens is 2. The first kappa shape index (κ1) is 10.9. The minimum atomic E-state index is 0.0753. The summed E-state index contributed by atoms with van der Waals surface area (Å²) in [5, 5.41) is 3.78. The van der Waals surface area contributed by atoms with E-state index in [2.05, 4.69) is 15.0 Å². The molecule has 5 nitrogen and oxygen atoms in total. The molecule has 0 fully saturated rings. The average molecular weight is 221 g/mol. The Balaban J connectivity index is 2.02. The largest absolute Gasteiger partial charge is 0.468 e. The van der Waals surface area contributed by atoms with Gasteiger partial charge in [0.2, 0.25) is 5.89 Å². The Hall–Kier alpha value is -1.62. The van der Waals surface area contributed by atoms with Gasteiger partial charge in [0.1, 0.15) is 5.76 Å². The van der Waals surface area contributed by atoms with E-state index in [0.29, 0.717) is 11.7 Å². The van der Waals surface area contributed by atoms with Crippen molar-refractivity contribution in [2.45, 2.75) is 26.4 Å². The standard InChI is InChI=1S/C11H15N3O2/c1-8(11-12-9(2)13-16-11)14(3)7-10-5-4-6-15-10/h4-6,8H,7H2,1-3H3/t8-/m1/s1. The molecular formula is C11H15N3O2. The third-order valence-corrected chi connectivity index (χ3v) is 2.55. The molecule has 0 unspecified atom stereocenters. The second-order valence-electron chi connectivity index (χ2n) is 3.85. The maximum absolute atomic E-state index is 5.29. The van der Waals surface area contributed by atoms with Crippen LogP contribution < -0.4 is 0 Å². The number of hydrogen-bond acceptors (Lipinski definition) is 5. The number of furan rings is 1. The van der Waals surface area contributed by atoms with Gasteiger partial charge in [-0.1, -0.05) is 5.16 Å². The van der Waals surface area contributed by atoms with E-state index in [-0.39, 0.29) is 6.04 Å². The molecule has 0 aliphatic rings. The SMILES string of the molecule is Cc1noc([C@@H](C)N(C)Cc2ccco2)n1. The molecule has 2 rings (SSSR count). The van der Waals surface area contributed by atoms with Crippen LogP contribution in [-0.4, -0.2) is 22.1 Å². The molecule has 0 bridgehead atoms. The second-order valence-corrected chi connectivity index (χ2v) is 3.85. The number of hydrogen-bond donors (Lipinski definition) is 0. The minimum absolute atomic E-state index is 0.0753. The summed E-state index contributed by atoms with van der Waals surface area (Å²) in [7, 11) is 1.99. The third kappa shape index (κ3) is 2.30. The van der Waals surface area contributed by atoms with Crippen LogP contribution in [-0.2, 0) is 6.54 Å². The van der Waals surface area contributed by atoms with Gasteiger partial charge in [-0.15, -0.1) is 0 Å². The Morgan fingerprint density at radius 3 is 2.88 bits per heavy atom. The minimum Gasteiger partial charge on any atom is -0.468 e. The zero-order valence-corrected chi connectivity index (χ0v) is 9.67. The van der Waals surface area contributed by atoms with Crippen molar-refractivity contribution in [2.24, 2.45) is 0 Å². The van der Waals surface area contributed by atoms with Gasteiger partial charge in [0, 0.05) is 0 Å². The quantitative estimate of drug-likeness (QED) is 0.791. The molecule has 0 N–H and O–H groups in total. The monoisotopic (exact) mass is 221 g/mol. The van der Waals surface area contributed by atoms with Gasteiger partial charge in [-0.2, -0.15) is 4.98 Å². The Morgan fingerprint density at radius 1 is 1.50 bits per heavy atom. The summed E-state index contributed by atoms with van der Waals surface area (Å²) in [5.41, 5.74) is 0. The van der Waals surface area contributed by atoms with Crippen molar-refractivity contribution in [3.63, 3.8) is 0 Å². The van der Waals surface area contributed by atoms with Gasteiger partial charge < -0.3 is 8.94 Å². The van der Waals surface area contributed by atoms with Crippen molar-refractivity contribution in [1.82, 2.24) is 15.0 Å². The number of nitrogens with zero attached hydrogens (tertiary/aromatic N) is 3. The van der Waals surface area contributed by atoms with E-state index in [1.54, 1.807) is 6.26 Å². The summed E-state index contributed by atoms with van der Waals surface area (Å²) in [6.07, 6.45) is 1.67. The molecule has 0 aliphatic carbocycles. The van der Waals surface area contributed by atoms with E-state index < -0.39 is 0 Å². The lowest BCUT2D eigenvalue weighted by Gasteiger charge is -2.19. The molecular weight excluding hydrogens is 206 g/mol. The fourth-order valence-corrected chi connectivity index (χ4v) is 1.46. The lowest BCUT2D eigenvalue weighted by Crippen LogP contribution is -2.21. The van der Waals surface area contributed by atoms with Crippen LogP contribution in [0.2, 0.25) is 0 Å². The Kier molecular flexibility index (Phi) is 3.05. The number of rotatable bonds is 4. The molecule has 0 aliphatic heterocycles. The van der Waals surface area contributed by atoms with Gasteiger partial charge in [-0.05, 0) is 33.0 Å². The van der Waals surface area contributed by atoms with Crippen LogP contribution >= 0.6 is 0 Å². The molecule has 5 heteroatoms. The Morgan fingerprint density at radius 2 is 2.31 bits per heavy atom. The lowest BCUT2D eigenvalue weighted by atomic mass is 10.3. The van der Waals surface area contributed by atoms with E-state index in [4.69, 9.17) is 8.94 Å². The van der Waals surface area contributed by atoms with Crippen molar-refractivity contribution in [1.29, 1.82) is 0 Å². The van der Waals surface area contributed by atoms with E-state index in [1.165, 1.54) is 0 Å². The molecule has 2 heterocycles. The highest BCUT2D eigenvalue weighted by Gasteiger charge is 2.18. The summed E-state index contributed by atoms with van der Waals surface area (Å²) in [4.78, 5) is 6.30. The fraction of sp³-hybridized carbons (Fsp3) is 0.455. The lowest BCUT2D eigenvalue weighted by molar-refractivity contribution is 0.190. The molecule has 2 aromatic heterocycles. The molecule has 16 heavy (non-hydrogen) atoms. The second kappa shape index (κ2) is 4.49. The predicted molar refractivity (Wildman–Crippen MR) is 57.6 cm³/mol. The first-order valence-electron chi connectivity index (χ1n) is 5.19. The van der Waals surface area contributed by atoms with E-state index >= 15 is 0 Å². The van der Waals surface area contributed by atoms with Crippen molar-refractivity contribution in [2.75, 3.05) is 7.05 Å².